The largest absolute Gasteiger partial charge is 0.494 e. The van der Waals surface area contributed by atoms with Crippen LogP contribution in [0.15, 0.2) is 24.3 Å². The van der Waals surface area contributed by atoms with E-state index >= 15 is 0 Å². The monoisotopic (exact) mass is 261 g/mol. The predicted octanol–water partition coefficient (Wildman–Crippen LogP) is 3.05. The van der Waals surface area contributed by atoms with Crippen molar-refractivity contribution in [2.24, 2.45) is 5.92 Å². The van der Waals surface area contributed by atoms with E-state index < -0.39 is 0 Å². The van der Waals surface area contributed by atoms with Gasteiger partial charge in [-0.15, -0.1) is 0 Å². The minimum Gasteiger partial charge on any atom is -0.494 e. The smallest absolute Gasteiger partial charge is 0.162 e. The Morgan fingerprint density at radius 2 is 2.16 bits per heavy atom. The lowest BCUT2D eigenvalue weighted by molar-refractivity contribution is 0.0974. The predicted molar refractivity (Wildman–Crippen MR) is 76.8 cm³/mol. The zero-order chi connectivity index (χ0) is 13.5. The molecule has 1 unspecified atom stereocenters. The standard InChI is InChI=1S/C16H23NO2/c1-2-11-19-15-6-4-14(5-7-15)16(18)8-3-13-9-10-17-12-13/h4-7,13,17H,2-3,8-12H2,1H3. The van der Waals surface area contributed by atoms with Crippen molar-refractivity contribution >= 4 is 5.78 Å². The van der Waals surface area contributed by atoms with Gasteiger partial charge in [0.2, 0.25) is 0 Å². The molecular formula is C16H23NO2. The van der Waals surface area contributed by atoms with Crippen LogP contribution in [0.4, 0.5) is 0 Å². The van der Waals surface area contributed by atoms with Gasteiger partial charge in [-0.3, -0.25) is 4.79 Å². The van der Waals surface area contributed by atoms with Crippen LogP contribution >= 0.6 is 0 Å². The van der Waals surface area contributed by atoms with E-state index in [0.717, 1.165) is 43.9 Å². The molecule has 1 aromatic rings. The molecule has 1 atom stereocenters. The van der Waals surface area contributed by atoms with Crippen molar-refractivity contribution in [1.29, 1.82) is 0 Å². The molecule has 1 aromatic carbocycles. The molecule has 0 saturated carbocycles. The van der Waals surface area contributed by atoms with E-state index in [9.17, 15) is 4.79 Å². The maximum atomic E-state index is 12.1. The lowest BCUT2D eigenvalue weighted by Gasteiger charge is -2.08. The van der Waals surface area contributed by atoms with E-state index in [1.165, 1.54) is 6.42 Å². The van der Waals surface area contributed by atoms with E-state index in [1.54, 1.807) is 0 Å². The van der Waals surface area contributed by atoms with Gasteiger partial charge in [0.1, 0.15) is 5.75 Å². The number of hydrogen-bond donors (Lipinski definition) is 1. The molecule has 1 fully saturated rings. The van der Waals surface area contributed by atoms with Crippen LogP contribution in [0, 0.1) is 5.92 Å². The van der Waals surface area contributed by atoms with Crippen LogP contribution in [0.5, 0.6) is 5.75 Å². The molecule has 0 spiro atoms. The van der Waals surface area contributed by atoms with Gasteiger partial charge in [-0.25, -0.2) is 0 Å². The summed E-state index contributed by atoms with van der Waals surface area (Å²) in [5.74, 6) is 1.77. The fraction of sp³-hybridized carbons (Fsp3) is 0.562. The zero-order valence-corrected chi connectivity index (χ0v) is 11.7. The third-order valence-corrected chi connectivity index (χ3v) is 3.59. The van der Waals surface area contributed by atoms with Crippen LogP contribution in [0.3, 0.4) is 0 Å². The lowest BCUT2D eigenvalue weighted by atomic mass is 9.98. The Kier molecular flexibility index (Phi) is 5.40. The van der Waals surface area contributed by atoms with Crippen molar-refractivity contribution in [2.45, 2.75) is 32.6 Å². The number of Topliss-reactive ketones (excluding diaryl/α,β-unsaturated/α-hetero) is 1. The second-order valence-electron chi connectivity index (χ2n) is 5.19. The van der Waals surface area contributed by atoms with E-state index in [0.29, 0.717) is 12.3 Å². The van der Waals surface area contributed by atoms with Gasteiger partial charge in [-0.2, -0.15) is 0 Å². The maximum Gasteiger partial charge on any atom is 0.162 e. The number of ether oxygens (including phenoxy) is 1. The number of hydrogen-bond acceptors (Lipinski definition) is 3. The Morgan fingerprint density at radius 3 is 2.79 bits per heavy atom. The third kappa shape index (κ3) is 4.35. The van der Waals surface area contributed by atoms with Crippen molar-refractivity contribution < 1.29 is 9.53 Å². The summed E-state index contributed by atoms with van der Waals surface area (Å²) in [4.78, 5) is 12.1. The van der Waals surface area contributed by atoms with Gasteiger partial charge in [0, 0.05) is 12.0 Å². The fourth-order valence-corrected chi connectivity index (χ4v) is 2.40. The number of carbonyl (C=O) groups is 1. The molecule has 0 aliphatic carbocycles. The van der Waals surface area contributed by atoms with Crippen molar-refractivity contribution in [3.8, 4) is 5.75 Å². The normalized spacial score (nSPS) is 18.5. The summed E-state index contributed by atoms with van der Waals surface area (Å²) >= 11 is 0. The Hall–Kier alpha value is -1.35. The number of ketones is 1. The van der Waals surface area contributed by atoms with Gasteiger partial charge >= 0.3 is 0 Å². The molecular weight excluding hydrogens is 238 g/mol. The molecule has 0 radical (unpaired) electrons. The second-order valence-corrected chi connectivity index (χ2v) is 5.19. The molecule has 1 saturated heterocycles. The van der Waals surface area contributed by atoms with E-state index in [2.05, 4.69) is 12.2 Å². The Labute approximate surface area is 115 Å². The molecule has 1 heterocycles. The Morgan fingerprint density at radius 1 is 1.37 bits per heavy atom. The van der Waals surface area contributed by atoms with Crippen molar-refractivity contribution in [1.82, 2.24) is 5.32 Å². The first kappa shape index (κ1) is 14.1. The van der Waals surface area contributed by atoms with Crippen molar-refractivity contribution in [3.63, 3.8) is 0 Å². The average Bonchev–Trinajstić information content (AvgIpc) is 2.96. The van der Waals surface area contributed by atoms with Crippen LogP contribution < -0.4 is 10.1 Å². The lowest BCUT2D eigenvalue weighted by Crippen LogP contribution is -2.10. The topological polar surface area (TPSA) is 38.3 Å². The van der Waals surface area contributed by atoms with Gasteiger partial charge in [0.15, 0.2) is 5.78 Å². The maximum absolute atomic E-state index is 12.1. The zero-order valence-electron chi connectivity index (χ0n) is 11.7. The molecule has 2 rings (SSSR count). The van der Waals surface area contributed by atoms with Crippen LogP contribution in [-0.2, 0) is 0 Å². The van der Waals surface area contributed by atoms with Gasteiger partial charge < -0.3 is 10.1 Å². The third-order valence-electron chi connectivity index (χ3n) is 3.59. The summed E-state index contributed by atoms with van der Waals surface area (Å²) in [6.07, 6.45) is 3.86. The van der Waals surface area contributed by atoms with Gasteiger partial charge in [0.05, 0.1) is 6.61 Å². The summed E-state index contributed by atoms with van der Waals surface area (Å²) in [7, 11) is 0. The molecule has 0 bridgehead atoms. The highest BCUT2D eigenvalue weighted by Gasteiger charge is 2.16. The highest BCUT2D eigenvalue weighted by molar-refractivity contribution is 5.96. The summed E-state index contributed by atoms with van der Waals surface area (Å²) in [6, 6.07) is 7.53. The molecule has 0 amide bonds. The number of benzene rings is 1. The van der Waals surface area contributed by atoms with Crippen LogP contribution in [0.2, 0.25) is 0 Å². The van der Waals surface area contributed by atoms with Crippen molar-refractivity contribution in [2.75, 3.05) is 19.7 Å². The second kappa shape index (κ2) is 7.29. The SMILES string of the molecule is CCCOc1ccc(C(=O)CCC2CCNC2)cc1. The van der Waals surface area contributed by atoms with Crippen LogP contribution in [0.25, 0.3) is 0 Å². The van der Waals surface area contributed by atoms with Crippen LogP contribution in [0.1, 0.15) is 43.0 Å². The van der Waals surface area contributed by atoms with Gasteiger partial charge in [-0.1, -0.05) is 6.92 Å². The average molecular weight is 261 g/mol. The molecule has 1 N–H and O–H groups in total. The Balaban J connectivity index is 1.81. The minimum atomic E-state index is 0.244. The van der Waals surface area contributed by atoms with Crippen molar-refractivity contribution in [3.05, 3.63) is 29.8 Å². The first-order chi connectivity index (χ1) is 9.29. The Bertz CT molecular complexity index is 394. The summed E-state index contributed by atoms with van der Waals surface area (Å²) in [5.41, 5.74) is 0.801. The molecule has 3 heteroatoms. The number of rotatable bonds is 7. The number of nitrogens with one attached hydrogen (secondary N) is 1. The summed E-state index contributed by atoms with van der Waals surface area (Å²) in [5, 5.41) is 3.34. The highest BCUT2D eigenvalue weighted by atomic mass is 16.5. The van der Waals surface area contributed by atoms with Crippen LogP contribution in [-0.4, -0.2) is 25.5 Å². The molecule has 19 heavy (non-hydrogen) atoms. The quantitative estimate of drug-likeness (QED) is 0.767. The molecule has 1 aliphatic heterocycles. The summed E-state index contributed by atoms with van der Waals surface area (Å²) in [6.45, 7) is 4.97. The molecule has 104 valence electrons. The molecule has 0 aromatic heterocycles. The molecule has 1 aliphatic rings. The van der Waals surface area contributed by atoms with E-state index in [-0.39, 0.29) is 5.78 Å². The fourth-order valence-electron chi connectivity index (χ4n) is 2.40. The van der Waals surface area contributed by atoms with E-state index in [1.807, 2.05) is 24.3 Å². The number of carbonyl (C=O) groups excluding carboxylic acids is 1. The van der Waals surface area contributed by atoms with Gasteiger partial charge in [0.25, 0.3) is 0 Å². The molecule has 3 nitrogen and oxygen atoms in total. The highest BCUT2D eigenvalue weighted by Crippen LogP contribution is 2.18. The first-order valence-corrected chi connectivity index (χ1v) is 7.26. The minimum absolute atomic E-state index is 0.244. The van der Waals surface area contributed by atoms with Gasteiger partial charge in [-0.05, 0) is 62.5 Å². The van der Waals surface area contributed by atoms with E-state index in [4.69, 9.17) is 4.74 Å². The first-order valence-electron chi connectivity index (χ1n) is 7.26. The summed E-state index contributed by atoms with van der Waals surface area (Å²) < 4.78 is 5.51.